The smallest absolute Gasteiger partial charge is 0.118 e. The summed E-state index contributed by atoms with van der Waals surface area (Å²) in [5.41, 5.74) is 7.14. The molecule has 20 heavy (non-hydrogen) atoms. The van der Waals surface area contributed by atoms with Crippen LogP contribution < -0.4 is 10.5 Å². The van der Waals surface area contributed by atoms with Crippen LogP contribution in [-0.4, -0.2) is 32.5 Å². The van der Waals surface area contributed by atoms with Crippen LogP contribution in [0.3, 0.4) is 0 Å². The second-order valence-electron chi connectivity index (χ2n) is 5.37. The molecule has 0 spiro atoms. The molecule has 0 saturated carbocycles. The van der Waals surface area contributed by atoms with E-state index < -0.39 is 0 Å². The van der Waals surface area contributed by atoms with E-state index in [1.54, 1.807) is 7.11 Å². The molecule has 1 aliphatic rings. The molecule has 0 aromatic heterocycles. The molecule has 3 atom stereocenters. The second-order valence-corrected chi connectivity index (χ2v) is 5.37. The lowest BCUT2D eigenvalue weighted by Crippen LogP contribution is -2.31. The van der Waals surface area contributed by atoms with Gasteiger partial charge in [0.25, 0.3) is 0 Å². The lowest BCUT2D eigenvalue weighted by Gasteiger charge is -2.27. The summed E-state index contributed by atoms with van der Waals surface area (Å²) in [6.45, 7) is 3.42. The average Bonchev–Trinajstić information content (AvgIpc) is 2.49. The van der Waals surface area contributed by atoms with Crippen LogP contribution in [-0.2, 0) is 9.47 Å². The summed E-state index contributed by atoms with van der Waals surface area (Å²) in [7, 11) is 1.66. The van der Waals surface area contributed by atoms with Crippen LogP contribution >= 0.6 is 0 Å². The summed E-state index contributed by atoms with van der Waals surface area (Å²) in [5, 5.41) is 0. The van der Waals surface area contributed by atoms with E-state index in [-0.39, 0.29) is 18.2 Å². The zero-order chi connectivity index (χ0) is 14.4. The van der Waals surface area contributed by atoms with E-state index in [0.29, 0.717) is 6.61 Å². The van der Waals surface area contributed by atoms with Crippen molar-refractivity contribution < 1.29 is 14.2 Å². The topological polar surface area (TPSA) is 53.7 Å². The Morgan fingerprint density at radius 1 is 1.30 bits per heavy atom. The van der Waals surface area contributed by atoms with Crippen molar-refractivity contribution in [2.24, 2.45) is 5.73 Å². The van der Waals surface area contributed by atoms with Crippen molar-refractivity contribution in [1.82, 2.24) is 0 Å². The lowest BCUT2D eigenvalue weighted by atomic mass is 10.0. The highest BCUT2D eigenvalue weighted by Crippen LogP contribution is 2.24. The maximum Gasteiger partial charge on any atom is 0.118 e. The molecule has 1 aliphatic heterocycles. The van der Waals surface area contributed by atoms with Gasteiger partial charge in [0.15, 0.2) is 0 Å². The summed E-state index contributed by atoms with van der Waals surface area (Å²) in [6, 6.07) is 7.83. The fourth-order valence-corrected chi connectivity index (χ4v) is 2.49. The number of methoxy groups -OCH3 is 1. The minimum Gasteiger partial charge on any atom is -0.497 e. The van der Waals surface area contributed by atoms with E-state index in [0.717, 1.165) is 30.8 Å². The number of hydrogen-bond acceptors (Lipinski definition) is 4. The number of benzene rings is 1. The molecule has 1 fully saturated rings. The van der Waals surface area contributed by atoms with Gasteiger partial charge in [-0.15, -0.1) is 0 Å². The molecule has 0 amide bonds. The van der Waals surface area contributed by atoms with Crippen LogP contribution in [0.5, 0.6) is 5.75 Å². The van der Waals surface area contributed by atoms with Gasteiger partial charge in [-0.05, 0) is 43.9 Å². The van der Waals surface area contributed by atoms with Crippen molar-refractivity contribution in [2.75, 3.05) is 20.3 Å². The Morgan fingerprint density at radius 2 is 2.05 bits per heavy atom. The van der Waals surface area contributed by atoms with E-state index in [2.05, 4.69) is 0 Å². The quantitative estimate of drug-likeness (QED) is 0.870. The van der Waals surface area contributed by atoms with Gasteiger partial charge in [0.1, 0.15) is 5.75 Å². The SMILES string of the molecule is COc1ccc(C(OCC2CCCCO2)C(C)N)cc1. The molecular weight excluding hydrogens is 254 g/mol. The molecule has 0 bridgehead atoms. The first kappa shape index (κ1) is 15.3. The number of ether oxygens (including phenoxy) is 3. The molecular formula is C16H25NO3. The maximum atomic E-state index is 6.06. The standard InChI is InChI=1S/C16H25NO3/c1-12(17)16(13-6-8-14(18-2)9-7-13)20-11-15-5-3-4-10-19-15/h6-9,12,15-16H,3-5,10-11,17H2,1-2H3. The molecule has 4 nitrogen and oxygen atoms in total. The third kappa shape index (κ3) is 4.20. The van der Waals surface area contributed by atoms with Crippen molar-refractivity contribution in [3.63, 3.8) is 0 Å². The summed E-state index contributed by atoms with van der Waals surface area (Å²) in [4.78, 5) is 0. The van der Waals surface area contributed by atoms with Gasteiger partial charge in [0.05, 0.1) is 25.9 Å². The second kappa shape index (κ2) is 7.62. The zero-order valence-electron chi connectivity index (χ0n) is 12.4. The molecule has 1 heterocycles. The van der Waals surface area contributed by atoms with Crippen LogP contribution in [0.25, 0.3) is 0 Å². The molecule has 2 rings (SSSR count). The van der Waals surface area contributed by atoms with Crippen LogP contribution in [0.1, 0.15) is 37.9 Å². The Labute approximate surface area is 121 Å². The minimum absolute atomic E-state index is 0.0630. The molecule has 3 unspecified atom stereocenters. The van der Waals surface area contributed by atoms with Crippen molar-refractivity contribution in [3.05, 3.63) is 29.8 Å². The molecule has 0 aliphatic carbocycles. The van der Waals surface area contributed by atoms with Gasteiger partial charge >= 0.3 is 0 Å². The normalized spacial score (nSPS) is 22.2. The monoisotopic (exact) mass is 279 g/mol. The Kier molecular flexibility index (Phi) is 5.83. The van der Waals surface area contributed by atoms with Crippen molar-refractivity contribution in [2.45, 2.75) is 44.4 Å². The maximum absolute atomic E-state index is 6.06. The van der Waals surface area contributed by atoms with Gasteiger partial charge in [-0.25, -0.2) is 0 Å². The largest absolute Gasteiger partial charge is 0.497 e. The highest BCUT2D eigenvalue weighted by molar-refractivity contribution is 5.29. The van der Waals surface area contributed by atoms with Crippen LogP contribution in [0.2, 0.25) is 0 Å². The Hall–Kier alpha value is -1.10. The highest BCUT2D eigenvalue weighted by atomic mass is 16.5. The van der Waals surface area contributed by atoms with Crippen LogP contribution in [0.4, 0.5) is 0 Å². The summed E-state index contributed by atoms with van der Waals surface area (Å²) < 4.78 is 16.9. The van der Waals surface area contributed by atoms with E-state index >= 15 is 0 Å². The number of nitrogens with two attached hydrogens (primary N) is 1. The summed E-state index contributed by atoms with van der Waals surface area (Å²) in [5.74, 6) is 0.841. The predicted octanol–water partition coefficient (Wildman–Crippen LogP) is 2.67. The Morgan fingerprint density at radius 3 is 2.60 bits per heavy atom. The summed E-state index contributed by atoms with van der Waals surface area (Å²) in [6.07, 6.45) is 3.56. The third-order valence-corrected chi connectivity index (χ3v) is 3.66. The molecule has 2 N–H and O–H groups in total. The molecule has 112 valence electrons. The van der Waals surface area contributed by atoms with E-state index in [4.69, 9.17) is 19.9 Å². The van der Waals surface area contributed by atoms with Crippen molar-refractivity contribution in [3.8, 4) is 5.75 Å². The number of rotatable bonds is 6. The van der Waals surface area contributed by atoms with Crippen LogP contribution in [0, 0.1) is 0 Å². The first-order chi connectivity index (χ1) is 9.70. The minimum atomic E-state index is -0.105. The molecule has 1 saturated heterocycles. The number of hydrogen-bond donors (Lipinski definition) is 1. The van der Waals surface area contributed by atoms with Gasteiger partial charge in [0, 0.05) is 12.6 Å². The van der Waals surface area contributed by atoms with Gasteiger partial charge in [-0.3, -0.25) is 0 Å². The first-order valence-electron chi connectivity index (χ1n) is 7.33. The van der Waals surface area contributed by atoms with Gasteiger partial charge < -0.3 is 19.9 Å². The lowest BCUT2D eigenvalue weighted by molar-refractivity contribution is -0.0680. The van der Waals surface area contributed by atoms with Gasteiger partial charge in [-0.2, -0.15) is 0 Å². The fraction of sp³-hybridized carbons (Fsp3) is 0.625. The predicted molar refractivity (Wildman–Crippen MR) is 78.9 cm³/mol. The van der Waals surface area contributed by atoms with Gasteiger partial charge in [0.2, 0.25) is 0 Å². The Balaban J connectivity index is 1.94. The van der Waals surface area contributed by atoms with Crippen molar-refractivity contribution >= 4 is 0 Å². The Bertz CT molecular complexity index is 385. The zero-order valence-corrected chi connectivity index (χ0v) is 12.4. The summed E-state index contributed by atoms with van der Waals surface area (Å²) >= 11 is 0. The molecule has 1 aromatic carbocycles. The fourth-order valence-electron chi connectivity index (χ4n) is 2.49. The van der Waals surface area contributed by atoms with Crippen molar-refractivity contribution in [1.29, 1.82) is 0 Å². The van der Waals surface area contributed by atoms with E-state index in [9.17, 15) is 0 Å². The first-order valence-corrected chi connectivity index (χ1v) is 7.33. The molecule has 4 heteroatoms. The van der Waals surface area contributed by atoms with E-state index in [1.165, 1.54) is 6.42 Å². The molecule has 0 radical (unpaired) electrons. The van der Waals surface area contributed by atoms with Gasteiger partial charge in [-0.1, -0.05) is 12.1 Å². The van der Waals surface area contributed by atoms with Crippen LogP contribution in [0.15, 0.2) is 24.3 Å². The van der Waals surface area contributed by atoms with E-state index in [1.807, 2.05) is 31.2 Å². The highest BCUT2D eigenvalue weighted by Gasteiger charge is 2.21. The third-order valence-electron chi connectivity index (χ3n) is 3.66. The average molecular weight is 279 g/mol. The molecule has 1 aromatic rings.